The van der Waals surface area contributed by atoms with Gasteiger partial charge in [0.1, 0.15) is 0 Å². The number of aromatic nitrogens is 2. The summed E-state index contributed by atoms with van der Waals surface area (Å²) in [7, 11) is 0. The molecule has 0 unspecified atom stereocenters. The molecule has 9 aromatic carbocycles. The molecule has 0 saturated carbocycles. The summed E-state index contributed by atoms with van der Waals surface area (Å²) in [6.07, 6.45) is 0. The molecule has 0 spiro atoms. The molecule has 3 aliphatic rings. The van der Waals surface area contributed by atoms with Crippen LogP contribution in [0.4, 0.5) is 17.1 Å². The normalized spacial score (nSPS) is 15.0. The third-order valence-corrected chi connectivity index (χ3v) is 18.9. The third-order valence-electron chi connectivity index (χ3n) is 18.9. The van der Waals surface area contributed by atoms with Crippen LogP contribution in [0.2, 0.25) is 0 Å². The van der Waals surface area contributed by atoms with Crippen molar-refractivity contribution >= 4 is 83.8 Å². The standard InChI is InChI=1S/C75H74BN3/c1-43-20-26-49(27-21-43)77(50-28-22-44(2)23-29-50)51-30-31-52-53-18-17-19-65(68(53)75(15,16)58(52)40-51)78-63-32-24-46(71(4,5)6)36-54(63)56-41-61-59(42-66(56)78)74(13,14)60-34-45(3)35-67-69(60)76(61)62-39-48(73(10,11)12)38-57-55-37-47(72(7,8)9)25-33-64(55)79(67)70(57)62/h17-42H,1-16H3. The molecule has 0 fully saturated rings. The molecule has 79 heavy (non-hydrogen) atoms. The van der Waals surface area contributed by atoms with Gasteiger partial charge in [-0.1, -0.05) is 179 Å². The number of rotatable bonds is 4. The third kappa shape index (κ3) is 7.11. The van der Waals surface area contributed by atoms with E-state index in [0.717, 1.165) is 17.1 Å². The molecule has 14 rings (SSSR count). The van der Waals surface area contributed by atoms with Crippen LogP contribution in [0.25, 0.3) is 66.1 Å². The van der Waals surface area contributed by atoms with Gasteiger partial charge in [-0.25, -0.2) is 0 Å². The van der Waals surface area contributed by atoms with Gasteiger partial charge in [0.25, 0.3) is 0 Å². The number of anilines is 3. The maximum Gasteiger partial charge on any atom is 0.247 e. The van der Waals surface area contributed by atoms with Crippen LogP contribution in [0.3, 0.4) is 0 Å². The van der Waals surface area contributed by atoms with Gasteiger partial charge in [0.15, 0.2) is 0 Å². The average molecular weight is 1030 g/mol. The predicted molar refractivity (Wildman–Crippen MR) is 341 cm³/mol. The lowest BCUT2D eigenvalue weighted by Crippen LogP contribution is -2.63. The molecule has 0 radical (unpaired) electrons. The summed E-state index contributed by atoms with van der Waals surface area (Å²) >= 11 is 0. The fourth-order valence-electron chi connectivity index (χ4n) is 14.5. The van der Waals surface area contributed by atoms with Crippen molar-refractivity contribution in [2.24, 2.45) is 0 Å². The molecule has 0 bridgehead atoms. The van der Waals surface area contributed by atoms with Crippen LogP contribution in [-0.4, -0.2) is 15.8 Å². The minimum atomic E-state index is -0.324. The highest BCUT2D eigenvalue weighted by molar-refractivity contribution is 6.99. The zero-order valence-electron chi connectivity index (χ0n) is 49.4. The summed E-state index contributed by atoms with van der Waals surface area (Å²) in [6, 6.07) is 62.4. The lowest BCUT2D eigenvalue weighted by atomic mass is 9.30. The van der Waals surface area contributed by atoms with E-state index in [-0.39, 0.29) is 33.8 Å². The van der Waals surface area contributed by atoms with E-state index in [1.54, 1.807) is 0 Å². The van der Waals surface area contributed by atoms with E-state index in [1.165, 1.54) is 138 Å². The number of hydrogen-bond donors (Lipinski definition) is 0. The van der Waals surface area contributed by atoms with E-state index in [0.29, 0.717) is 0 Å². The van der Waals surface area contributed by atoms with Gasteiger partial charge in [-0.3, -0.25) is 0 Å². The van der Waals surface area contributed by atoms with Crippen molar-refractivity contribution in [3.05, 3.63) is 213 Å². The smallest absolute Gasteiger partial charge is 0.247 e. The fraction of sp³-hybridized carbons (Fsp3) is 0.280. The van der Waals surface area contributed by atoms with Crippen LogP contribution in [0, 0.1) is 20.8 Å². The SMILES string of the molecule is Cc1ccc(N(c2ccc(C)cc2)c2ccc3c(c2)C(C)(C)c2c-3cccc2-n2c3ccc(C(C)(C)C)cc3c3cc4c(cc32)C(C)(C)c2cc(C)cc3c2B4c2cc(C(C)(C)C)cc4c5cc(C(C)(C)C)ccc5n-3c24)cc1. The molecule has 11 aromatic rings. The summed E-state index contributed by atoms with van der Waals surface area (Å²) in [4.78, 5) is 2.42. The zero-order valence-corrected chi connectivity index (χ0v) is 49.4. The number of aryl methyl sites for hydroxylation is 3. The first-order valence-electron chi connectivity index (χ1n) is 28.9. The fourth-order valence-corrected chi connectivity index (χ4v) is 14.5. The molecule has 392 valence electrons. The Hall–Kier alpha value is -7.56. The Bertz CT molecular complexity index is 4390. The summed E-state index contributed by atoms with van der Waals surface area (Å²) in [5.74, 6) is 0. The maximum atomic E-state index is 2.67. The molecule has 0 atom stereocenters. The van der Waals surface area contributed by atoms with Gasteiger partial charge >= 0.3 is 0 Å². The molecule has 0 N–H and O–H groups in total. The van der Waals surface area contributed by atoms with Crippen molar-refractivity contribution in [1.82, 2.24) is 9.13 Å². The van der Waals surface area contributed by atoms with Crippen LogP contribution >= 0.6 is 0 Å². The molecule has 0 saturated heterocycles. The molecular formula is C75H74BN3. The van der Waals surface area contributed by atoms with Gasteiger partial charge in [0.05, 0.1) is 22.2 Å². The van der Waals surface area contributed by atoms with Crippen molar-refractivity contribution in [1.29, 1.82) is 0 Å². The zero-order chi connectivity index (χ0) is 55.4. The molecule has 4 heterocycles. The Morgan fingerprint density at radius 3 is 1.56 bits per heavy atom. The van der Waals surface area contributed by atoms with Gasteiger partial charge in [0, 0.05) is 60.6 Å². The monoisotopic (exact) mass is 1030 g/mol. The van der Waals surface area contributed by atoms with Crippen molar-refractivity contribution in [2.45, 2.75) is 138 Å². The molecule has 3 nitrogen and oxygen atoms in total. The molecule has 2 aliphatic heterocycles. The topological polar surface area (TPSA) is 13.1 Å². The Balaban J connectivity index is 1.03. The largest absolute Gasteiger partial charge is 0.310 e. The number of benzene rings is 9. The second-order valence-electron chi connectivity index (χ2n) is 28.2. The molecule has 2 aromatic heterocycles. The second kappa shape index (κ2) is 16.3. The van der Waals surface area contributed by atoms with E-state index in [2.05, 4.69) is 283 Å². The average Bonchev–Trinajstić information content (AvgIpc) is 3.51. The van der Waals surface area contributed by atoms with Crippen molar-refractivity contribution in [3.8, 4) is 22.5 Å². The number of hydrogen-bond acceptors (Lipinski definition) is 1. The van der Waals surface area contributed by atoms with Gasteiger partial charge < -0.3 is 14.0 Å². The quantitative estimate of drug-likeness (QED) is 0.160. The number of nitrogens with zero attached hydrogens (tertiary/aromatic N) is 3. The van der Waals surface area contributed by atoms with E-state index in [1.807, 2.05) is 0 Å². The van der Waals surface area contributed by atoms with E-state index in [4.69, 9.17) is 0 Å². The first-order chi connectivity index (χ1) is 37.3. The predicted octanol–water partition coefficient (Wildman–Crippen LogP) is 17.9. The minimum absolute atomic E-state index is 0.0234. The highest BCUT2D eigenvalue weighted by Gasteiger charge is 2.47. The van der Waals surface area contributed by atoms with E-state index in [9.17, 15) is 0 Å². The van der Waals surface area contributed by atoms with E-state index < -0.39 is 0 Å². The second-order valence-corrected chi connectivity index (χ2v) is 28.2. The Labute approximate surface area is 469 Å². The van der Waals surface area contributed by atoms with Crippen molar-refractivity contribution in [2.75, 3.05) is 4.90 Å². The lowest BCUT2D eigenvalue weighted by Gasteiger charge is -2.42. The molecule has 4 heteroatoms. The number of fused-ring (bicyclic) bond motifs is 13. The van der Waals surface area contributed by atoms with Crippen LogP contribution in [-0.2, 0) is 27.1 Å². The first kappa shape index (κ1) is 49.7. The summed E-state index contributed by atoms with van der Waals surface area (Å²) in [6.45, 7) is 37.9. The summed E-state index contributed by atoms with van der Waals surface area (Å²) < 4.78 is 5.32. The van der Waals surface area contributed by atoms with Gasteiger partial charge in [-0.2, -0.15) is 0 Å². The van der Waals surface area contributed by atoms with Crippen LogP contribution < -0.4 is 21.3 Å². The van der Waals surface area contributed by atoms with E-state index >= 15 is 0 Å². The van der Waals surface area contributed by atoms with Crippen LogP contribution in [0.5, 0.6) is 0 Å². The van der Waals surface area contributed by atoms with Gasteiger partial charge in [0.2, 0.25) is 6.71 Å². The lowest BCUT2D eigenvalue weighted by molar-refractivity contribution is 0.590. The van der Waals surface area contributed by atoms with Gasteiger partial charge in [-0.15, -0.1) is 0 Å². The van der Waals surface area contributed by atoms with Crippen molar-refractivity contribution in [3.63, 3.8) is 0 Å². The Morgan fingerprint density at radius 1 is 0.392 bits per heavy atom. The van der Waals surface area contributed by atoms with Crippen LogP contribution in [0.1, 0.15) is 146 Å². The minimum Gasteiger partial charge on any atom is -0.310 e. The highest BCUT2D eigenvalue weighted by atomic mass is 15.1. The summed E-state index contributed by atoms with van der Waals surface area (Å²) in [5.41, 5.74) is 30.9. The van der Waals surface area contributed by atoms with Crippen LogP contribution in [0.15, 0.2) is 158 Å². The molecular weight excluding hydrogens is 954 g/mol. The summed E-state index contributed by atoms with van der Waals surface area (Å²) in [5, 5.41) is 5.34. The Kier molecular flexibility index (Phi) is 10.2. The molecule has 0 amide bonds. The Morgan fingerprint density at radius 2 is 0.949 bits per heavy atom. The highest BCUT2D eigenvalue weighted by Crippen LogP contribution is 2.54. The molecule has 1 aliphatic carbocycles. The maximum absolute atomic E-state index is 2.67. The van der Waals surface area contributed by atoms with Gasteiger partial charge in [-0.05, 0) is 189 Å². The van der Waals surface area contributed by atoms with Crippen molar-refractivity contribution < 1.29 is 0 Å². The first-order valence-corrected chi connectivity index (χ1v) is 28.9.